The maximum absolute atomic E-state index is 2.55. The second-order valence-corrected chi connectivity index (χ2v) is 8.17. The molecule has 1 nitrogen and oxygen atoms in total. The summed E-state index contributed by atoms with van der Waals surface area (Å²) in [6.45, 7) is 8.05. The zero-order chi connectivity index (χ0) is 15.3. The summed E-state index contributed by atoms with van der Waals surface area (Å²) < 4.78 is 4.08. The Bertz CT molecular complexity index is 360. The van der Waals surface area contributed by atoms with Crippen LogP contribution in [0.3, 0.4) is 0 Å². The van der Waals surface area contributed by atoms with Crippen LogP contribution < -0.4 is 4.57 Å². The fraction of sp³-hybridized carbons (Fsp3) is 0.833. The number of hydrogen-bond acceptors (Lipinski definition) is 2. The number of aryl methyl sites for hydroxylation is 1. The Morgan fingerprint density at radius 1 is 0.905 bits per heavy atom. The van der Waals surface area contributed by atoms with E-state index in [1.165, 1.54) is 86.5 Å². The Labute approximate surface area is 140 Å². The van der Waals surface area contributed by atoms with E-state index in [0.717, 1.165) is 0 Å². The van der Waals surface area contributed by atoms with E-state index < -0.39 is 0 Å². The second kappa shape index (κ2) is 12.5. The summed E-state index contributed by atoms with van der Waals surface area (Å²) in [4.78, 5) is 0. The average Bonchev–Trinajstić information content (AvgIpc) is 2.83. The summed E-state index contributed by atoms with van der Waals surface area (Å²) in [5.74, 6) is 1.29. The van der Waals surface area contributed by atoms with Gasteiger partial charge in [0.05, 0.1) is 5.38 Å². The normalized spacial score (nSPS) is 11.2. The Morgan fingerprint density at radius 3 is 2.19 bits per heavy atom. The van der Waals surface area contributed by atoms with Crippen molar-refractivity contribution < 1.29 is 4.57 Å². The molecule has 0 aliphatic carbocycles. The van der Waals surface area contributed by atoms with Crippen LogP contribution in [0.15, 0.2) is 9.72 Å². The first-order valence-electron chi connectivity index (χ1n) is 8.90. The zero-order valence-electron chi connectivity index (χ0n) is 14.3. The van der Waals surface area contributed by atoms with Gasteiger partial charge in [-0.2, -0.15) is 4.57 Å². The van der Waals surface area contributed by atoms with E-state index in [9.17, 15) is 0 Å². The van der Waals surface area contributed by atoms with Crippen molar-refractivity contribution in [3.63, 3.8) is 0 Å². The van der Waals surface area contributed by atoms with E-state index in [4.69, 9.17) is 0 Å². The Balaban J connectivity index is 2.24. The third kappa shape index (κ3) is 8.25. The van der Waals surface area contributed by atoms with Gasteiger partial charge in [0, 0.05) is 19.1 Å². The lowest BCUT2D eigenvalue weighted by molar-refractivity contribution is -0.732. The van der Waals surface area contributed by atoms with E-state index in [1.54, 1.807) is 0 Å². The first-order valence-corrected chi connectivity index (χ1v) is 10.8. The summed E-state index contributed by atoms with van der Waals surface area (Å²) in [7, 11) is 0. The van der Waals surface area contributed by atoms with Gasteiger partial charge in [0.25, 0.3) is 4.34 Å². The van der Waals surface area contributed by atoms with Gasteiger partial charge < -0.3 is 0 Å². The van der Waals surface area contributed by atoms with E-state index >= 15 is 0 Å². The van der Waals surface area contributed by atoms with Crippen LogP contribution in [0, 0.1) is 6.92 Å². The van der Waals surface area contributed by atoms with Crippen molar-refractivity contribution >= 4 is 23.1 Å². The monoisotopic (exact) mass is 328 g/mol. The van der Waals surface area contributed by atoms with Gasteiger partial charge in [0.1, 0.15) is 0 Å². The van der Waals surface area contributed by atoms with E-state index in [0.29, 0.717) is 0 Å². The molecule has 0 aliphatic rings. The van der Waals surface area contributed by atoms with Crippen LogP contribution in [-0.4, -0.2) is 5.75 Å². The third-order valence-corrected chi connectivity index (χ3v) is 6.42. The standard InChI is InChI=1S/C18H34NS2/c1-4-6-8-10-12-14-19-17(3)16-21-18(19)20-15-13-11-9-7-5-2/h16H,4-15H2,1-3H3/q+1. The minimum atomic E-state index is 1.22. The summed E-state index contributed by atoms with van der Waals surface area (Å²) in [6, 6.07) is 0. The Morgan fingerprint density at radius 2 is 1.52 bits per heavy atom. The number of thiazole rings is 1. The highest BCUT2D eigenvalue weighted by atomic mass is 32.2. The lowest BCUT2D eigenvalue weighted by Gasteiger charge is -2.01. The van der Waals surface area contributed by atoms with Crippen LogP contribution in [-0.2, 0) is 6.54 Å². The molecule has 0 bridgehead atoms. The van der Waals surface area contributed by atoms with Crippen LogP contribution in [0.25, 0.3) is 0 Å². The summed E-state index contributed by atoms with van der Waals surface area (Å²) >= 11 is 4.01. The molecule has 0 fully saturated rings. The molecule has 0 radical (unpaired) electrons. The minimum absolute atomic E-state index is 1.22. The highest BCUT2D eigenvalue weighted by Gasteiger charge is 2.16. The molecule has 21 heavy (non-hydrogen) atoms. The lowest BCUT2D eigenvalue weighted by atomic mass is 10.1. The Hall–Kier alpha value is -0.0200. The topological polar surface area (TPSA) is 3.88 Å². The molecule has 0 aromatic carbocycles. The number of rotatable bonds is 13. The molecule has 0 atom stereocenters. The van der Waals surface area contributed by atoms with Gasteiger partial charge in [-0.3, -0.25) is 0 Å². The number of nitrogens with zero attached hydrogens (tertiary/aromatic N) is 1. The van der Waals surface area contributed by atoms with Gasteiger partial charge >= 0.3 is 0 Å². The van der Waals surface area contributed by atoms with Gasteiger partial charge in [-0.25, -0.2) is 0 Å². The molecule has 0 saturated carbocycles. The number of hydrogen-bond donors (Lipinski definition) is 0. The predicted octanol–water partition coefficient (Wildman–Crippen LogP) is 6.38. The van der Waals surface area contributed by atoms with Crippen LogP contribution in [0.5, 0.6) is 0 Å². The molecule has 1 aromatic heterocycles. The molecule has 0 amide bonds. The highest BCUT2D eigenvalue weighted by molar-refractivity contribution is 8.00. The largest absolute Gasteiger partial charge is 0.297 e. The molecule has 3 heteroatoms. The van der Waals surface area contributed by atoms with Crippen molar-refractivity contribution in [2.75, 3.05) is 5.75 Å². The van der Waals surface area contributed by atoms with Crippen LogP contribution in [0.2, 0.25) is 0 Å². The molecule has 1 heterocycles. The van der Waals surface area contributed by atoms with Gasteiger partial charge in [-0.15, -0.1) is 0 Å². The molecule has 1 rings (SSSR count). The maximum Gasteiger partial charge on any atom is 0.297 e. The van der Waals surface area contributed by atoms with Crippen LogP contribution in [0.4, 0.5) is 0 Å². The van der Waals surface area contributed by atoms with Crippen LogP contribution in [0.1, 0.15) is 83.7 Å². The summed E-state index contributed by atoms with van der Waals surface area (Å²) in [5.41, 5.74) is 1.45. The van der Waals surface area contributed by atoms with Crippen LogP contribution >= 0.6 is 23.1 Å². The van der Waals surface area contributed by atoms with E-state index in [2.05, 4.69) is 42.5 Å². The number of thioether (sulfide) groups is 1. The van der Waals surface area contributed by atoms with Gasteiger partial charge in [0.15, 0.2) is 12.2 Å². The number of aromatic nitrogens is 1. The SMILES string of the molecule is CCCCCCCSc1scc(C)[n+]1CCCCCCC. The predicted molar refractivity (Wildman–Crippen MR) is 97.5 cm³/mol. The zero-order valence-corrected chi connectivity index (χ0v) is 16.0. The maximum atomic E-state index is 2.55. The van der Waals surface area contributed by atoms with Crippen molar-refractivity contribution in [1.82, 2.24) is 0 Å². The van der Waals surface area contributed by atoms with E-state index in [1.807, 2.05) is 11.3 Å². The van der Waals surface area contributed by atoms with Gasteiger partial charge in [-0.05, 0) is 24.6 Å². The number of unbranched alkanes of at least 4 members (excludes halogenated alkanes) is 8. The molecule has 0 spiro atoms. The lowest BCUT2D eigenvalue weighted by Crippen LogP contribution is -2.36. The molecule has 122 valence electrons. The van der Waals surface area contributed by atoms with Crippen molar-refractivity contribution in [2.45, 2.75) is 95.9 Å². The second-order valence-electron chi connectivity index (χ2n) is 5.97. The fourth-order valence-corrected chi connectivity index (χ4v) is 4.87. The molecule has 0 unspecified atom stereocenters. The van der Waals surface area contributed by atoms with Crippen molar-refractivity contribution in [1.29, 1.82) is 0 Å². The summed E-state index contributed by atoms with van der Waals surface area (Å²) in [6.07, 6.45) is 13.8. The van der Waals surface area contributed by atoms with Crippen molar-refractivity contribution in [3.05, 3.63) is 11.1 Å². The molecule has 0 N–H and O–H groups in total. The average molecular weight is 329 g/mol. The first-order chi connectivity index (χ1) is 10.3. The molecule has 1 aromatic rings. The molecular weight excluding hydrogens is 294 g/mol. The van der Waals surface area contributed by atoms with E-state index in [-0.39, 0.29) is 0 Å². The first kappa shape index (κ1) is 19.0. The third-order valence-electron chi connectivity index (χ3n) is 3.94. The fourth-order valence-electron chi connectivity index (χ4n) is 2.53. The smallest absolute Gasteiger partial charge is 0.181 e. The quantitative estimate of drug-likeness (QED) is 0.231. The molecular formula is C18H34NS2+. The highest BCUT2D eigenvalue weighted by Crippen LogP contribution is 2.23. The molecule has 0 saturated heterocycles. The van der Waals surface area contributed by atoms with Crippen molar-refractivity contribution in [2.24, 2.45) is 0 Å². The molecule has 0 aliphatic heterocycles. The van der Waals surface area contributed by atoms with Gasteiger partial charge in [-0.1, -0.05) is 70.1 Å². The van der Waals surface area contributed by atoms with Gasteiger partial charge in [0.2, 0.25) is 0 Å². The Kier molecular flexibility index (Phi) is 11.3. The minimum Gasteiger partial charge on any atom is -0.181 e. The summed E-state index contributed by atoms with van der Waals surface area (Å²) in [5, 5.41) is 2.32. The van der Waals surface area contributed by atoms with Crippen molar-refractivity contribution in [3.8, 4) is 0 Å².